The van der Waals surface area contributed by atoms with E-state index in [9.17, 15) is 9.18 Å². The number of likely N-dealkylation sites (N-methyl/N-ethyl adjacent to an activating group) is 1. The minimum atomic E-state index is -0.402. The molecule has 1 amide bonds. The molecular formula is C23H26ClFN2O. The fraction of sp³-hybridized carbons (Fsp3) is 0.348. The van der Waals surface area contributed by atoms with Crippen molar-refractivity contribution in [3.63, 3.8) is 0 Å². The monoisotopic (exact) mass is 400 g/mol. The van der Waals surface area contributed by atoms with E-state index in [1.807, 2.05) is 6.07 Å². The van der Waals surface area contributed by atoms with Crippen LogP contribution in [0.5, 0.6) is 0 Å². The van der Waals surface area contributed by atoms with Crippen molar-refractivity contribution >= 4 is 29.3 Å². The van der Waals surface area contributed by atoms with Gasteiger partial charge in [-0.05, 0) is 60.0 Å². The molecule has 1 aliphatic rings. The summed E-state index contributed by atoms with van der Waals surface area (Å²) in [7, 11) is 2.13. The molecule has 0 unspecified atom stereocenters. The van der Waals surface area contributed by atoms with E-state index in [0.717, 1.165) is 25.2 Å². The Morgan fingerprint density at radius 1 is 1.32 bits per heavy atom. The smallest absolute Gasteiger partial charge is 0.248 e. The summed E-state index contributed by atoms with van der Waals surface area (Å²) in [6.45, 7) is 8.52. The number of halogens is 2. The number of anilines is 1. The lowest BCUT2D eigenvalue weighted by Gasteiger charge is -2.39. The van der Waals surface area contributed by atoms with Gasteiger partial charge in [0.1, 0.15) is 5.82 Å². The maximum absolute atomic E-state index is 13.1. The molecule has 1 heterocycles. The Labute approximate surface area is 171 Å². The number of nitrogens with one attached hydrogen (secondary N) is 1. The molecule has 0 atom stereocenters. The van der Waals surface area contributed by atoms with Gasteiger partial charge in [0.05, 0.1) is 5.02 Å². The molecule has 0 aromatic heterocycles. The van der Waals surface area contributed by atoms with E-state index in [4.69, 9.17) is 11.6 Å². The molecule has 0 fully saturated rings. The number of hydrogen-bond acceptors (Lipinski definition) is 2. The summed E-state index contributed by atoms with van der Waals surface area (Å²) in [4.78, 5) is 14.8. The van der Waals surface area contributed by atoms with Crippen LogP contribution in [0.4, 0.5) is 10.1 Å². The fourth-order valence-corrected chi connectivity index (χ4v) is 4.32. The lowest BCUT2D eigenvalue weighted by Crippen LogP contribution is -2.40. The van der Waals surface area contributed by atoms with Crippen molar-refractivity contribution in [2.24, 2.45) is 0 Å². The van der Waals surface area contributed by atoms with Gasteiger partial charge in [0, 0.05) is 30.3 Å². The maximum atomic E-state index is 13.1. The molecule has 2 aromatic carbocycles. The van der Waals surface area contributed by atoms with E-state index in [-0.39, 0.29) is 16.3 Å². The van der Waals surface area contributed by atoms with Crippen molar-refractivity contribution < 1.29 is 9.18 Å². The third-order valence-corrected chi connectivity index (χ3v) is 5.57. The zero-order chi connectivity index (χ0) is 20.5. The first-order valence-corrected chi connectivity index (χ1v) is 9.87. The SMILES string of the molecule is CCc1c(NC(=O)C=Cc2ccc(F)cc2Cl)ccc2c1CN(C)CC2(C)C. The standard InChI is InChI=1S/C23H26ClFN2O/c1-5-17-18-13-27(4)14-23(2,3)19(18)9-10-21(17)26-22(28)11-7-15-6-8-16(25)12-20(15)24/h6-12H,5,13-14H2,1-4H3,(H,26,28). The van der Waals surface area contributed by atoms with Crippen molar-refractivity contribution in [2.75, 3.05) is 18.9 Å². The van der Waals surface area contributed by atoms with Crippen LogP contribution in [0.3, 0.4) is 0 Å². The molecule has 0 saturated carbocycles. The van der Waals surface area contributed by atoms with Crippen molar-refractivity contribution in [1.29, 1.82) is 0 Å². The van der Waals surface area contributed by atoms with Crippen molar-refractivity contribution in [3.8, 4) is 0 Å². The lowest BCUT2D eigenvalue weighted by molar-refractivity contribution is -0.111. The lowest BCUT2D eigenvalue weighted by atomic mass is 9.76. The number of carbonyl (C=O) groups is 1. The van der Waals surface area contributed by atoms with Gasteiger partial charge in [0.25, 0.3) is 0 Å². The van der Waals surface area contributed by atoms with Crippen LogP contribution in [-0.4, -0.2) is 24.4 Å². The van der Waals surface area contributed by atoms with Gasteiger partial charge < -0.3 is 10.2 Å². The number of amides is 1. The Morgan fingerprint density at radius 2 is 2.07 bits per heavy atom. The number of benzene rings is 2. The van der Waals surface area contributed by atoms with E-state index in [2.05, 4.69) is 44.1 Å². The second-order valence-electron chi connectivity index (χ2n) is 8.02. The highest BCUT2D eigenvalue weighted by Gasteiger charge is 2.32. The van der Waals surface area contributed by atoms with Crippen LogP contribution in [0.2, 0.25) is 5.02 Å². The second-order valence-corrected chi connectivity index (χ2v) is 8.42. The molecule has 3 nitrogen and oxygen atoms in total. The van der Waals surface area contributed by atoms with E-state index in [1.54, 1.807) is 12.1 Å². The van der Waals surface area contributed by atoms with Gasteiger partial charge in [-0.1, -0.05) is 44.5 Å². The summed E-state index contributed by atoms with van der Waals surface area (Å²) >= 11 is 6.01. The van der Waals surface area contributed by atoms with Gasteiger partial charge in [-0.15, -0.1) is 0 Å². The Morgan fingerprint density at radius 3 is 2.75 bits per heavy atom. The van der Waals surface area contributed by atoms with E-state index in [0.29, 0.717) is 5.56 Å². The molecule has 5 heteroatoms. The molecule has 0 spiro atoms. The predicted octanol–water partition coefficient (Wildman–Crippen LogP) is 5.42. The molecule has 1 N–H and O–H groups in total. The van der Waals surface area contributed by atoms with E-state index in [1.165, 1.54) is 34.9 Å². The first-order chi connectivity index (χ1) is 13.2. The molecule has 0 saturated heterocycles. The topological polar surface area (TPSA) is 32.3 Å². The average molecular weight is 401 g/mol. The number of fused-ring (bicyclic) bond motifs is 1. The van der Waals surface area contributed by atoms with Gasteiger partial charge in [0.15, 0.2) is 0 Å². The van der Waals surface area contributed by atoms with Gasteiger partial charge in [-0.3, -0.25) is 4.79 Å². The average Bonchev–Trinajstić information content (AvgIpc) is 2.59. The van der Waals surface area contributed by atoms with Crippen LogP contribution < -0.4 is 5.32 Å². The van der Waals surface area contributed by atoms with Crippen LogP contribution in [0.15, 0.2) is 36.4 Å². The molecule has 1 aliphatic heterocycles. The quantitative estimate of drug-likeness (QED) is 0.695. The second kappa shape index (κ2) is 8.06. The molecule has 28 heavy (non-hydrogen) atoms. The van der Waals surface area contributed by atoms with Crippen LogP contribution >= 0.6 is 11.6 Å². The van der Waals surface area contributed by atoms with Gasteiger partial charge in [0.2, 0.25) is 5.91 Å². The summed E-state index contributed by atoms with van der Waals surface area (Å²) < 4.78 is 13.1. The summed E-state index contributed by atoms with van der Waals surface area (Å²) in [5.41, 5.74) is 5.36. The summed E-state index contributed by atoms with van der Waals surface area (Å²) in [6.07, 6.45) is 3.86. The predicted molar refractivity (Wildman–Crippen MR) is 114 cm³/mol. The minimum Gasteiger partial charge on any atom is -0.322 e. The van der Waals surface area contributed by atoms with Gasteiger partial charge >= 0.3 is 0 Å². The molecule has 3 rings (SSSR count). The third kappa shape index (κ3) is 4.29. The zero-order valence-corrected chi connectivity index (χ0v) is 17.5. The molecule has 0 bridgehead atoms. The van der Waals surface area contributed by atoms with Gasteiger partial charge in [-0.2, -0.15) is 0 Å². The Bertz CT molecular complexity index is 936. The van der Waals surface area contributed by atoms with Crippen LogP contribution in [0.1, 0.15) is 43.0 Å². The molecule has 148 valence electrons. The number of nitrogens with zero attached hydrogens (tertiary/aromatic N) is 1. The highest BCUT2D eigenvalue weighted by molar-refractivity contribution is 6.32. The zero-order valence-electron chi connectivity index (χ0n) is 16.8. The number of hydrogen-bond donors (Lipinski definition) is 1. The molecule has 0 aliphatic carbocycles. The van der Waals surface area contributed by atoms with Crippen molar-refractivity contribution in [1.82, 2.24) is 4.90 Å². The number of rotatable bonds is 4. The molecule has 2 aromatic rings. The van der Waals surface area contributed by atoms with Crippen molar-refractivity contribution in [2.45, 2.75) is 39.2 Å². The molecule has 0 radical (unpaired) electrons. The Hall–Kier alpha value is -2.17. The fourth-order valence-electron chi connectivity index (χ4n) is 4.09. The summed E-state index contributed by atoms with van der Waals surface area (Å²) in [6, 6.07) is 8.24. The summed E-state index contributed by atoms with van der Waals surface area (Å²) in [5, 5.41) is 3.27. The first-order valence-electron chi connectivity index (χ1n) is 9.49. The van der Waals surface area contributed by atoms with E-state index >= 15 is 0 Å². The van der Waals surface area contributed by atoms with Crippen molar-refractivity contribution in [3.05, 3.63) is 69.5 Å². The first kappa shape index (κ1) is 20.6. The van der Waals surface area contributed by atoms with Gasteiger partial charge in [-0.25, -0.2) is 4.39 Å². The summed E-state index contributed by atoms with van der Waals surface area (Å²) in [5.74, 6) is -0.639. The highest BCUT2D eigenvalue weighted by atomic mass is 35.5. The third-order valence-electron chi connectivity index (χ3n) is 5.24. The largest absolute Gasteiger partial charge is 0.322 e. The van der Waals surface area contributed by atoms with Crippen LogP contribution in [0, 0.1) is 5.82 Å². The van der Waals surface area contributed by atoms with Crippen LogP contribution in [-0.2, 0) is 23.2 Å². The highest BCUT2D eigenvalue weighted by Crippen LogP contribution is 2.37. The van der Waals surface area contributed by atoms with E-state index < -0.39 is 5.82 Å². The molecular weight excluding hydrogens is 375 g/mol. The number of carbonyl (C=O) groups excluding carboxylic acids is 1. The Balaban J connectivity index is 1.85. The van der Waals surface area contributed by atoms with Crippen LogP contribution in [0.25, 0.3) is 6.08 Å². The minimum absolute atomic E-state index is 0.0774. The Kier molecular flexibility index (Phi) is 5.92. The maximum Gasteiger partial charge on any atom is 0.248 e. The normalized spacial score (nSPS) is 16.2.